The van der Waals surface area contributed by atoms with E-state index in [-0.39, 0.29) is 5.91 Å². The summed E-state index contributed by atoms with van der Waals surface area (Å²) in [6, 6.07) is 9.35. The van der Waals surface area contributed by atoms with E-state index in [4.69, 9.17) is 9.26 Å². The number of carbonyl (C=O) groups is 1. The van der Waals surface area contributed by atoms with Crippen LogP contribution in [0.5, 0.6) is 5.75 Å². The van der Waals surface area contributed by atoms with E-state index in [1.54, 1.807) is 18.7 Å². The number of aromatic nitrogens is 1. The van der Waals surface area contributed by atoms with Crippen LogP contribution in [0, 0.1) is 6.92 Å². The van der Waals surface area contributed by atoms with Crippen molar-refractivity contribution in [2.75, 3.05) is 13.1 Å². The fourth-order valence-electron chi connectivity index (χ4n) is 3.11. The largest absolute Gasteiger partial charge is 0.486 e. The van der Waals surface area contributed by atoms with Gasteiger partial charge in [-0.1, -0.05) is 30.3 Å². The molecule has 2 aromatic rings. The number of amides is 1. The van der Waals surface area contributed by atoms with Crippen LogP contribution in [0.3, 0.4) is 0 Å². The lowest BCUT2D eigenvalue weighted by Crippen LogP contribution is -2.57. The normalized spacial score (nSPS) is 23.5. The molecule has 2 heterocycles. The number of piperidine rings is 1. The lowest BCUT2D eigenvalue weighted by atomic mass is 9.90. The van der Waals surface area contributed by atoms with Crippen LogP contribution in [0.25, 0.3) is 0 Å². The summed E-state index contributed by atoms with van der Waals surface area (Å²) in [7, 11) is 0. The van der Waals surface area contributed by atoms with Gasteiger partial charge in [0.15, 0.2) is 0 Å². The van der Waals surface area contributed by atoms with Crippen molar-refractivity contribution < 1.29 is 19.2 Å². The van der Waals surface area contributed by atoms with E-state index in [0.29, 0.717) is 48.7 Å². The zero-order chi connectivity index (χ0) is 18.0. The molecule has 2 atom stereocenters. The van der Waals surface area contributed by atoms with E-state index in [2.05, 4.69) is 5.16 Å². The first-order valence-electron chi connectivity index (χ1n) is 8.61. The third kappa shape index (κ3) is 3.54. The number of ether oxygens (including phenoxy) is 1. The summed E-state index contributed by atoms with van der Waals surface area (Å²) >= 11 is 0. The SMILES string of the molecule is CCc1noc(C)c1C(=O)N1CC[C@@](C)(O)[C@H](Oc2ccccc2)C1. The molecule has 1 fully saturated rings. The second-order valence-electron chi connectivity index (χ2n) is 6.69. The van der Waals surface area contributed by atoms with Crippen LogP contribution in [-0.2, 0) is 6.42 Å². The van der Waals surface area contributed by atoms with Gasteiger partial charge in [-0.15, -0.1) is 0 Å². The van der Waals surface area contributed by atoms with Gasteiger partial charge in [0.25, 0.3) is 5.91 Å². The van der Waals surface area contributed by atoms with Gasteiger partial charge < -0.3 is 19.3 Å². The Kier molecular flexibility index (Phi) is 4.81. The molecule has 6 heteroatoms. The molecular formula is C19H24N2O4. The maximum atomic E-state index is 13.0. The highest BCUT2D eigenvalue weighted by molar-refractivity contribution is 5.96. The minimum Gasteiger partial charge on any atom is -0.486 e. The zero-order valence-electron chi connectivity index (χ0n) is 14.9. The maximum Gasteiger partial charge on any atom is 0.259 e. The van der Waals surface area contributed by atoms with E-state index >= 15 is 0 Å². The molecule has 1 aromatic carbocycles. The van der Waals surface area contributed by atoms with E-state index in [9.17, 15) is 9.90 Å². The summed E-state index contributed by atoms with van der Waals surface area (Å²) < 4.78 is 11.2. The van der Waals surface area contributed by atoms with Crippen LogP contribution in [0.1, 0.15) is 42.1 Å². The van der Waals surface area contributed by atoms with Gasteiger partial charge in [0.1, 0.15) is 28.8 Å². The van der Waals surface area contributed by atoms with Crippen molar-refractivity contribution in [2.45, 2.75) is 45.3 Å². The fourth-order valence-corrected chi connectivity index (χ4v) is 3.11. The highest BCUT2D eigenvalue weighted by Gasteiger charge is 2.41. The Morgan fingerprint density at radius 2 is 2.16 bits per heavy atom. The first-order chi connectivity index (χ1) is 11.9. The van der Waals surface area contributed by atoms with Gasteiger partial charge in [0, 0.05) is 6.54 Å². The molecular weight excluding hydrogens is 320 g/mol. The highest BCUT2D eigenvalue weighted by Crippen LogP contribution is 2.28. The lowest BCUT2D eigenvalue weighted by molar-refractivity contribution is -0.0881. The average molecular weight is 344 g/mol. The van der Waals surface area contributed by atoms with Gasteiger partial charge >= 0.3 is 0 Å². The summed E-state index contributed by atoms with van der Waals surface area (Å²) in [5.74, 6) is 1.09. The Labute approximate surface area is 147 Å². The molecule has 0 unspecified atom stereocenters. The predicted octanol–water partition coefficient (Wildman–Crippen LogP) is 2.59. The average Bonchev–Trinajstić information content (AvgIpc) is 2.97. The molecule has 0 radical (unpaired) electrons. The van der Waals surface area contributed by atoms with Crippen molar-refractivity contribution in [2.24, 2.45) is 0 Å². The monoisotopic (exact) mass is 344 g/mol. The number of aliphatic hydroxyl groups is 1. The second kappa shape index (κ2) is 6.88. The molecule has 1 N–H and O–H groups in total. The van der Waals surface area contributed by atoms with Gasteiger partial charge in [-0.3, -0.25) is 4.79 Å². The van der Waals surface area contributed by atoms with Crippen LogP contribution in [0.2, 0.25) is 0 Å². The number of benzene rings is 1. The number of hydrogen-bond donors (Lipinski definition) is 1. The number of nitrogens with zero attached hydrogens (tertiary/aromatic N) is 2. The first kappa shape index (κ1) is 17.5. The molecule has 1 aliphatic rings. The number of carbonyl (C=O) groups excluding carboxylic acids is 1. The van der Waals surface area contributed by atoms with Crippen molar-refractivity contribution in [1.82, 2.24) is 10.1 Å². The van der Waals surface area contributed by atoms with Crippen LogP contribution in [0.4, 0.5) is 0 Å². The molecule has 0 saturated carbocycles. The highest BCUT2D eigenvalue weighted by atomic mass is 16.5. The maximum absolute atomic E-state index is 13.0. The van der Waals surface area contributed by atoms with Crippen LogP contribution < -0.4 is 4.74 Å². The standard InChI is InChI=1S/C19H24N2O4/c1-4-15-17(13(2)25-20-15)18(22)21-11-10-19(3,23)16(12-21)24-14-8-6-5-7-9-14/h5-9,16,23H,4,10-12H2,1-3H3/t16-,19-/m1/s1. The molecule has 0 aliphatic carbocycles. The number of rotatable bonds is 4. The Bertz CT molecular complexity index is 739. The Balaban J connectivity index is 1.80. The van der Waals surface area contributed by atoms with Gasteiger partial charge in [-0.25, -0.2) is 0 Å². The van der Waals surface area contributed by atoms with Crippen LogP contribution in [0.15, 0.2) is 34.9 Å². The van der Waals surface area contributed by atoms with E-state index in [1.807, 2.05) is 37.3 Å². The lowest BCUT2D eigenvalue weighted by Gasteiger charge is -2.42. The Morgan fingerprint density at radius 1 is 1.44 bits per heavy atom. The fraction of sp³-hybridized carbons (Fsp3) is 0.474. The number of aryl methyl sites for hydroxylation is 2. The zero-order valence-corrected chi connectivity index (χ0v) is 14.9. The third-order valence-corrected chi connectivity index (χ3v) is 4.76. The molecule has 6 nitrogen and oxygen atoms in total. The summed E-state index contributed by atoms with van der Waals surface area (Å²) in [6.45, 7) is 6.22. The molecule has 1 saturated heterocycles. The Hall–Kier alpha value is -2.34. The van der Waals surface area contributed by atoms with Gasteiger partial charge in [-0.05, 0) is 38.8 Å². The number of likely N-dealkylation sites (tertiary alicyclic amines) is 1. The molecule has 25 heavy (non-hydrogen) atoms. The molecule has 1 aliphatic heterocycles. The molecule has 134 valence electrons. The Morgan fingerprint density at radius 3 is 2.84 bits per heavy atom. The molecule has 0 spiro atoms. The van der Waals surface area contributed by atoms with Crippen LogP contribution in [-0.4, -0.2) is 45.9 Å². The molecule has 0 bridgehead atoms. The predicted molar refractivity (Wildman–Crippen MR) is 92.6 cm³/mol. The third-order valence-electron chi connectivity index (χ3n) is 4.76. The number of para-hydroxylation sites is 1. The minimum atomic E-state index is -0.996. The smallest absolute Gasteiger partial charge is 0.259 e. The molecule has 1 amide bonds. The second-order valence-corrected chi connectivity index (χ2v) is 6.69. The van der Waals surface area contributed by atoms with E-state index in [0.717, 1.165) is 0 Å². The summed E-state index contributed by atoms with van der Waals surface area (Å²) in [6.07, 6.45) is 0.577. The van der Waals surface area contributed by atoms with E-state index < -0.39 is 11.7 Å². The van der Waals surface area contributed by atoms with E-state index in [1.165, 1.54) is 0 Å². The van der Waals surface area contributed by atoms with Crippen molar-refractivity contribution in [3.63, 3.8) is 0 Å². The summed E-state index contributed by atoms with van der Waals surface area (Å²) in [5, 5.41) is 14.6. The van der Waals surface area contributed by atoms with Crippen LogP contribution >= 0.6 is 0 Å². The summed E-state index contributed by atoms with van der Waals surface area (Å²) in [5.41, 5.74) is 0.201. The molecule has 3 rings (SSSR count). The topological polar surface area (TPSA) is 75.8 Å². The summed E-state index contributed by atoms with van der Waals surface area (Å²) in [4.78, 5) is 14.7. The minimum absolute atomic E-state index is 0.118. The van der Waals surface area contributed by atoms with Gasteiger partial charge in [0.05, 0.1) is 12.2 Å². The van der Waals surface area contributed by atoms with Crippen molar-refractivity contribution >= 4 is 5.91 Å². The molecule has 1 aromatic heterocycles. The van der Waals surface area contributed by atoms with Crippen molar-refractivity contribution in [3.8, 4) is 5.75 Å². The van der Waals surface area contributed by atoms with Crippen molar-refractivity contribution in [3.05, 3.63) is 47.3 Å². The van der Waals surface area contributed by atoms with Crippen molar-refractivity contribution in [1.29, 1.82) is 0 Å². The number of hydrogen-bond acceptors (Lipinski definition) is 5. The van der Waals surface area contributed by atoms with Gasteiger partial charge in [0.2, 0.25) is 0 Å². The van der Waals surface area contributed by atoms with Gasteiger partial charge in [-0.2, -0.15) is 0 Å². The quantitative estimate of drug-likeness (QED) is 0.923. The first-order valence-corrected chi connectivity index (χ1v) is 8.61.